The summed E-state index contributed by atoms with van der Waals surface area (Å²) in [5, 5.41) is 10.1. The molecule has 2 heteroatoms. The highest BCUT2D eigenvalue weighted by atomic mass is 16.3. The molecule has 13 heavy (non-hydrogen) atoms. The first kappa shape index (κ1) is 11.0. The number of aliphatic hydroxyl groups excluding tert-OH is 1. The number of aliphatic hydroxyl groups is 1. The van der Waals surface area contributed by atoms with Gasteiger partial charge < -0.3 is 10.8 Å². The van der Waals surface area contributed by atoms with E-state index in [0.717, 1.165) is 12.8 Å². The standard InChI is InChI=1S/C11H23NO/c1-7(2)8(3)11(13)9-5-4-6-10(9)12/h7-11,13H,4-6,12H2,1-3H3/t8?,9-,10+,11?/m1/s1. The molecule has 0 aliphatic heterocycles. The fourth-order valence-corrected chi connectivity index (χ4v) is 2.23. The summed E-state index contributed by atoms with van der Waals surface area (Å²) in [6, 6.07) is 0.233. The van der Waals surface area contributed by atoms with Gasteiger partial charge in [-0.05, 0) is 24.7 Å². The van der Waals surface area contributed by atoms with E-state index < -0.39 is 0 Å². The Labute approximate surface area is 81.5 Å². The molecule has 0 amide bonds. The highest BCUT2D eigenvalue weighted by Gasteiger charge is 2.33. The molecule has 0 aromatic heterocycles. The van der Waals surface area contributed by atoms with Crippen LogP contribution in [0.5, 0.6) is 0 Å². The van der Waals surface area contributed by atoms with Gasteiger partial charge in [0.1, 0.15) is 0 Å². The Morgan fingerprint density at radius 3 is 2.23 bits per heavy atom. The molecule has 0 saturated heterocycles. The van der Waals surface area contributed by atoms with Gasteiger partial charge in [-0.15, -0.1) is 0 Å². The molecular formula is C11H23NO. The van der Waals surface area contributed by atoms with E-state index in [0.29, 0.717) is 17.8 Å². The van der Waals surface area contributed by atoms with Gasteiger partial charge in [-0.25, -0.2) is 0 Å². The van der Waals surface area contributed by atoms with Crippen LogP contribution in [-0.4, -0.2) is 17.3 Å². The van der Waals surface area contributed by atoms with Gasteiger partial charge in [0.05, 0.1) is 6.10 Å². The molecule has 1 rings (SSSR count). The van der Waals surface area contributed by atoms with Gasteiger partial charge in [0.2, 0.25) is 0 Å². The van der Waals surface area contributed by atoms with Crippen molar-refractivity contribution in [2.24, 2.45) is 23.5 Å². The molecule has 1 fully saturated rings. The van der Waals surface area contributed by atoms with E-state index in [1.807, 2.05) is 0 Å². The van der Waals surface area contributed by atoms with Crippen molar-refractivity contribution >= 4 is 0 Å². The minimum Gasteiger partial charge on any atom is -0.392 e. The van der Waals surface area contributed by atoms with Crippen molar-refractivity contribution in [2.45, 2.75) is 52.2 Å². The van der Waals surface area contributed by atoms with Crippen LogP contribution in [0, 0.1) is 17.8 Å². The fourth-order valence-electron chi connectivity index (χ4n) is 2.23. The molecule has 3 N–H and O–H groups in total. The molecule has 2 unspecified atom stereocenters. The first-order chi connectivity index (χ1) is 6.04. The molecule has 1 aliphatic carbocycles. The third-order valence-corrected chi connectivity index (χ3v) is 3.65. The Balaban J connectivity index is 2.50. The van der Waals surface area contributed by atoms with Crippen LogP contribution >= 0.6 is 0 Å². The van der Waals surface area contributed by atoms with Crippen molar-refractivity contribution in [3.63, 3.8) is 0 Å². The summed E-state index contributed by atoms with van der Waals surface area (Å²) in [6.45, 7) is 6.45. The van der Waals surface area contributed by atoms with E-state index in [-0.39, 0.29) is 12.1 Å². The average molecular weight is 185 g/mol. The van der Waals surface area contributed by atoms with E-state index in [1.54, 1.807) is 0 Å². The quantitative estimate of drug-likeness (QED) is 0.704. The average Bonchev–Trinajstić information content (AvgIpc) is 2.48. The van der Waals surface area contributed by atoms with Crippen LogP contribution in [0.25, 0.3) is 0 Å². The zero-order chi connectivity index (χ0) is 10.0. The molecule has 0 heterocycles. The summed E-state index contributed by atoms with van der Waals surface area (Å²) in [5.74, 6) is 1.26. The Bertz CT molecular complexity index is 158. The second-order valence-electron chi connectivity index (χ2n) is 4.85. The highest BCUT2D eigenvalue weighted by Crippen LogP contribution is 2.32. The van der Waals surface area contributed by atoms with Crippen molar-refractivity contribution in [3.05, 3.63) is 0 Å². The van der Waals surface area contributed by atoms with Gasteiger partial charge in [0.15, 0.2) is 0 Å². The molecule has 4 atom stereocenters. The maximum atomic E-state index is 10.1. The van der Waals surface area contributed by atoms with Crippen LogP contribution < -0.4 is 5.73 Å². The summed E-state index contributed by atoms with van der Waals surface area (Å²) in [4.78, 5) is 0. The number of hydrogen-bond donors (Lipinski definition) is 2. The second kappa shape index (κ2) is 4.43. The summed E-state index contributed by atoms with van der Waals surface area (Å²) >= 11 is 0. The van der Waals surface area contributed by atoms with Gasteiger partial charge in [0.25, 0.3) is 0 Å². The predicted molar refractivity (Wildman–Crippen MR) is 55.3 cm³/mol. The first-order valence-electron chi connectivity index (χ1n) is 5.47. The molecule has 0 aromatic carbocycles. The lowest BCUT2D eigenvalue weighted by atomic mass is 9.83. The van der Waals surface area contributed by atoms with E-state index in [9.17, 15) is 5.11 Å². The summed E-state index contributed by atoms with van der Waals surface area (Å²) < 4.78 is 0. The maximum absolute atomic E-state index is 10.1. The number of hydrogen-bond acceptors (Lipinski definition) is 2. The Kier molecular flexibility index (Phi) is 3.74. The molecule has 1 aliphatic rings. The SMILES string of the molecule is CC(C)C(C)C(O)[C@@H]1CCC[C@@H]1N. The van der Waals surface area contributed by atoms with E-state index in [2.05, 4.69) is 20.8 Å². The van der Waals surface area contributed by atoms with Gasteiger partial charge in [0, 0.05) is 12.0 Å². The van der Waals surface area contributed by atoms with Crippen LogP contribution in [0.1, 0.15) is 40.0 Å². The molecule has 0 bridgehead atoms. The number of nitrogens with two attached hydrogens (primary N) is 1. The lowest BCUT2D eigenvalue weighted by Gasteiger charge is -2.29. The van der Waals surface area contributed by atoms with E-state index >= 15 is 0 Å². The minimum atomic E-state index is -0.197. The molecule has 78 valence electrons. The zero-order valence-electron chi connectivity index (χ0n) is 9.03. The van der Waals surface area contributed by atoms with Gasteiger partial charge in [-0.2, -0.15) is 0 Å². The summed E-state index contributed by atoms with van der Waals surface area (Å²) in [7, 11) is 0. The first-order valence-corrected chi connectivity index (χ1v) is 5.47. The van der Waals surface area contributed by atoms with Crippen molar-refractivity contribution < 1.29 is 5.11 Å². The van der Waals surface area contributed by atoms with Crippen LogP contribution in [-0.2, 0) is 0 Å². The predicted octanol–water partition coefficient (Wildman–Crippen LogP) is 1.77. The largest absolute Gasteiger partial charge is 0.392 e. The molecule has 2 nitrogen and oxygen atoms in total. The Morgan fingerprint density at radius 1 is 1.23 bits per heavy atom. The summed E-state index contributed by atoms with van der Waals surface area (Å²) in [5.41, 5.74) is 5.96. The normalized spacial score (nSPS) is 33.7. The molecular weight excluding hydrogens is 162 g/mol. The molecule has 0 spiro atoms. The lowest BCUT2D eigenvalue weighted by molar-refractivity contribution is 0.0348. The fraction of sp³-hybridized carbons (Fsp3) is 1.00. The van der Waals surface area contributed by atoms with Crippen LogP contribution in [0.3, 0.4) is 0 Å². The van der Waals surface area contributed by atoms with Crippen molar-refractivity contribution in [3.8, 4) is 0 Å². The van der Waals surface area contributed by atoms with Gasteiger partial charge >= 0.3 is 0 Å². The number of rotatable bonds is 3. The lowest BCUT2D eigenvalue weighted by Crippen LogP contribution is -2.38. The van der Waals surface area contributed by atoms with Gasteiger partial charge in [-0.1, -0.05) is 27.2 Å². The van der Waals surface area contributed by atoms with Gasteiger partial charge in [-0.3, -0.25) is 0 Å². The van der Waals surface area contributed by atoms with Crippen LogP contribution in [0.4, 0.5) is 0 Å². The molecule has 0 aromatic rings. The monoisotopic (exact) mass is 185 g/mol. The minimum absolute atomic E-state index is 0.197. The Morgan fingerprint density at radius 2 is 1.85 bits per heavy atom. The second-order valence-corrected chi connectivity index (χ2v) is 4.85. The van der Waals surface area contributed by atoms with Crippen LogP contribution in [0.2, 0.25) is 0 Å². The molecule has 0 radical (unpaired) electrons. The summed E-state index contributed by atoms with van der Waals surface area (Å²) in [6.07, 6.45) is 3.19. The Hall–Kier alpha value is -0.0800. The van der Waals surface area contributed by atoms with E-state index in [4.69, 9.17) is 5.73 Å². The zero-order valence-corrected chi connectivity index (χ0v) is 9.03. The third-order valence-electron chi connectivity index (χ3n) is 3.65. The van der Waals surface area contributed by atoms with Crippen LogP contribution in [0.15, 0.2) is 0 Å². The van der Waals surface area contributed by atoms with Crippen molar-refractivity contribution in [1.82, 2.24) is 0 Å². The van der Waals surface area contributed by atoms with Crippen molar-refractivity contribution in [1.29, 1.82) is 0 Å². The smallest absolute Gasteiger partial charge is 0.0611 e. The van der Waals surface area contributed by atoms with Crippen molar-refractivity contribution in [2.75, 3.05) is 0 Å². The third kappa shape index (κ3) is 2.44. The van der Waals surface area contributed by atoms with E-state index in [1.165, 1.54) is 6.42 Å². The topological polar surface area (TPSA) is 46.2 Å². The molecule has 1 saturated carbocycles. The highest BCUT2D eigenvalue weighted by molar-refractivity contribution is 4.87. The maximum Gasteiger partial charge on any atom is 0.0611 e.